The smallest absolute Gasteiger partial charge is 0.290 e. The van der Waals surface area contributed by atoms with Gasteiger partial charge in [0, 0.05) is 42.0 Å². The summed E-state index contributed by atoms with van der Waals surface area (Å²) in [6, 6.07) is 13.3. The van der Waals surface area contributed by atoms with E-state index in [9.17, 15) is 14.7 Å². The Bertz CT molecular complexity index is 1980. The van der Waals surface area contributed by atoms with Crippen LogP contribution in [0.1, 0.15) is 56.3 Å². The molecule has 5 heterocycles. The lowest BCUT2D eigenvalue weighted by Gasteiger charge is -2.19. The number of aryl methyl sites for hydroxylation is 1. The van der Waals surface area contributed by atoms with E-state index in [4.69, 9.17) is 0 Å². The highest BCUT2D eigenvalue weighted by Gasteiger charge is 2.23. The van der Waals surface area contributed by atoms with Crippen molar-refractivity contribution in [3.8, 4) is 17.1 Å². The van der Waals surface area contributed by atoms with Crippen molar-refractivity contribution >= 4 is 22.3 Å². The maximum atomic E-state index is 13.6. The van der Waals surface area contributed by atoms with Crippen LogP contribution >= 0.6 is 0 Å². The van der Waals surface area contributed by atoms with Crippen molar-refractivity contribution in [3.05, 3.63) is 98.5 Å². The predicted molar refractivity (Wildman–Crippen MR) is 170 cm³/mol. The van der Waals surface area contributed by atoms with Gasteiger partial charge in [0.2, 0.25) is 0 Å². The molecule has 1 atom stereocenters. The molecule has 226 valence electrons. The first kappa shape index (κ1) is 29.3. The summed E-state index contributed by atoms with van der Waals surface area (Å²) >= 11 is 0. The second kappa shape index (κ2) is 11.4. The van der Waals surface area contributed by atoms with Crippen molar-refractivity contribution in [3.63, 3.8) is 0 Å². The maximum Gasteiger partial charge on any atom is 0.290 e. The summed E-state index contributed by atoms with van der Waals surface area (Å²) in [5.41, 5.74) is 3.03. The number of rotatable bonds is 6. The first-order valence-corrected chi connectivity index (χ1v) is 14.7. The van der Waals surface area contributed by atoms with E-state index in [-0.39, 0.29) is 28.0 Å². The Morgan fingerprint density at radius 1 is 1.00 bits per heavy atom. The number of aromatic nitrogens is 6. The zero-order valence-corrected chi connectivity index (χ0v) is 25.6. The molecule has 1 aliphatic rings. The Kier molecular flexibility index (Phi) is 7.60. The van der Waals surface area contributed by atoms with Gasteiger partial charge < -0.3 is 10.4 Å². The lowest BCUT2D eigenvalue weighted by Crippen LogP contribution is -2.25. The van der Waals surface area contributed by atoms with E-state index in [1.165, 1.54) is 15.6 Å². The summed E-state index contributed by atoms with van der Waals surface area (Å²) in [7, 11) is 3.68. The molecule has 0 aliphatic carbocycles. The second-order valence-electron chi connectivity index (χ2n) is 12.3. The fraction of sp³-hybridized carbons (Fsp3) is 0.333. The molecule has 6 rings (SSSR count). The highest BCUT2D eigenvalue weighted by Crippen LogP contribution is 2.31. The third kappa shape index (κ3) is 5.40. The van der Waals surface area contributed by atoms with Gasteiger partial charge in [-0.3, -0.25) is 14.5 Å². The monoisotopic (exact) mass is 592 g/mol. The predicted octanol–water partition coefficient (Wildman–Crippen LogP) is 4.24. The van der Waals surface area contributed by atoms with Crippen LogP contribution in [-0.4, -0.2) is 53.1 Å². The van der Waals surface area contributed by atoms with E-state index in [1.54, 1.807) is 31.4 Å². The summed E-state index contributed by atoms with van der Waals surface area (Å²) in [5.74, 6) is 0.721. The fourth-order valence-corrected chi connectivity index (χ4v) is 5.80. The maximum absolute atomic E-state index is 13.6. The number of benzene rings is 1. The van der Waals surface area contributed by atoms with Crippen LogP contribution in [0.5, 0.6) is 0 Å². The molecule has 0 saturated carbocycles. The average Bonchev–Trinajstić information content (AvgIpc) is 3.44. The van der Waals surface area contributed by atoms with Gasteiger partial charge in [0.15, 0.2) is 5.82 Å². The highest BCUT2D eigenvalue weighted by molar-refractivity contribution is 5.82. The number of nitrogens with one attached hydrogen (secondary N) is 1. The number of nitrogens with zero attached hydrogens (tertiary/aromatic N) is 7. The zero-order valence-electron chi connectivity index (χ0n) is 25.6. The number of aliphatic hydroxyl groups excluding tert-OH is 1. The van der Waals surface area contributed by atoms with Crippen molar-refractivity contribution in [1.82, 2.24) is 34.4 Å². The fourth-order valence-electron chi connectivity index (χ4n) is 5.80. The lowest BCUT2D eigenvalue weighted by atomic mass is 9.86. The van der Waals surface area contributed by atoms with E-state index in [2.05, 4.69) is 58.2 Å². The molecule has 0 amide bonds. The molecule has 2 N–H and O–H groups in total. The molecule has 0 spiro atoms. The molecule has 1 aliphatic heterocycles. The SMILES string of the molecule is CN1CCC[C@H]1c1ccc(Nc2cc(-c3ccnc(-n4ncc5cc(C(C)(C)C)ccc5c4=O)c3CO)nn(C)c2=O)nc1. The number of hydrogen-bond acceptors (Lipinski definition) is 9. The van der Waals surface area contributed by atoms with Crippen LogP contribution in [0.25, 0.3) is 27.8 Å². The Balaban J connectivity index is 1.37. The number of pyridine rings is 2. The minimum atomic E-state index is -0.431. The van der Waals surface area contributed by atoms with E-state index in [0.717, 1.165) is 35.9 Å². The van der Waals surface area contributed by atoms with Gasteiger partial charge >= 0.3 is 0 Å². The summed E-state index contributed by atoms with van der Waals surface area (Å²) in [6.07, 6.45) is 7.27. The molecular weight excluding hydrogens is 556 g/mol. The number of hydrogen-bond donors (Lipinski definition) is 2. The summed E-state index contributed by atoms with van der Waals surface area (Å²) in [5, 5.41) is 23.7. The molecule has 1 aromatic carbocycles. The molecule has 4 aromatic heterocycles. The van der Waals surface area contributed by atoms with Gasteiger partial charge in [-0.2, -0.15) is 14.9 Å². The van der Waals surface area contributed by atoms with Gasteiger partial charge in [0.1, 0.15) is 11.5 Å². The largest absolute Gasteiger partial charge is 0.392 e. The molecule has 11 nitrogen and oxygen atoms in total. The van der Waals surface area contributed by atoms with Crippen LogP contribution in [0, 0.1) is 0 Å². The van der Waals surface area contributed by atoms with E-state index in [1.807, 2.05) is 30.5 Å². The Hall–Kier alpha value is -4.74. The second-order valence-corrected chi connectivity index (χ2v) is 12.3. The van der Waals surface area contributed by atoms with E-state index < -0.39 is 6.61 Å². The van der Waals surface area contributed by atoms with Crippen LogP contribution in [-0.2, 0) is 19.1 Å². The lowest BCUT2D eigenvalue weighted by molar-refractivity contribution is 0.281. The number of fused-ring (bicyclic) bond motifs is 1. The molecule has 0 radical (unpaired) electrons. The first-order chi connectivity index (χ1) is 21.0. The third-order valence-corrected chi connectivity index (χ3v) is 8.34. The topological polar surface area (TPSA) is 131 Å². The van der Waals surface area contributed by atoms with Gasteiger partial charge in [0.25, 0.3) is 11.1 Å². The van der Waals surface area contributed by atoms with Crippen molar-refractivity contribution in [2.24, 2.45) is 7.05 Å². The number of likely N-dealkylation sites (tertiary alicyclic amines) is 1. The Labute approximate surface area is 254 Å². The third-order valence-electron chi connectivity index (χ3n) is 8.34. The van der Waals surface area contributed by atoms with Gasteiger partial charge in [-0.25, -0.2) is 14.6 Å². The van der Waals surface area contributed by atoms with Gasteiger partial charge in [0.05, 0.1) is 23.9 Å². The molecular formula is C33H36N8O3. The van der Waals surface area contributed by atoms with Gasteiger partial charge in [-0.05, 0) is 73.3 Å². The summed E-state index contributed by atoms with van der Waals surface area (Å²) < 4.78 is 2.43. The van der Waals surface area contributed by atoms with E-state index in [0.29, 0.717) is 34.1 Å². The van der Waals surface area contributed by atoms with Crippen molar-refractivity contribution in [2.75, 3.05) is 18.9 Å². The molecule has 11 heteroatoms. The summed E-state index contributed by atoms with van der Waals surface area (Å²) in [4.78, 5) is 38.0. The van der Waals surface area contributed by atoms with Crippen LogP contribution in [0.3, 0.4) is 0 Å². The average molecular weight is 593 g/mol. The van der Waals surface area contributed by atoms with Crippen LogP contribution in [0.4, 0.5) is 11.5 Å². The standard InChI is InChI=1S/C33H36N8O3/c1-33(2,3)22-9-10-23-21(15-22)18-36-41(31(23)43)30-25(19-42)24(12-13-34-30)26-16-27(32(44)40(5)38-26)37-29-11-8-20(17-35-29)28-7-6-14-39(28)4/h8-13,15-18,28,42H,6-7,14,19H2,1-5H3,(H,35,37)/t28-/m0/s1. The zero-order chi connectivity index (χ0) is 31.2. The normalized spacial score (nSPS) is 15.6. The van der Waals surface area contributed by atoms with Crippen LogP contribution < -0.4 is 16.4 Å². The molecule has 0 bridgehead atoms. The minimum Gasteiger partial charge on any atom is -0.392 e. The van der Waals surface area contributed by atoms with Crippen molar-refractivity contribution in [2.45, 2.75) is 51.7 Å². The molecule has 1 fully saturated rings. The van der Waals surface area contributed by atoms with Crippen LogP contribution in [0.2, 0.25) is 0 Å². The summed E-state index contributed by atoms with van der Waals surface area (Å²) in [6.45, 7) is 6.98. The number of anilines is 2. The highest BCUT2D eigenvalue weighted by atomic mass is 16.3. The first-order valence-electron chi connectivity index (χ1n) is 14.7. The molecule has 1 saturated heterocycles. The van der Waals surface area contributed by atoms with Crippen molar-refractivity contribution < 1.29 is 5.11 Å². The number of aliphatic hydroxyl groups is 1. The minimum absolute atomic E-state index is 0.0779. The van der Waals surface area contributed by atoms with E-state index >= 15 is 0 Å². The molecule has 0 unspecified atom stereocenters. The Morgan fingerprint density at radius 3 is 2.50 bits per heavy atom. The molecule has 44 heavy (non-hydrogen) atoms. The molecule has 5 aromatic rings. The quantitative estimate of drug-likeness (QED) is 0.297. The van der Waals surface area contributed by atoms with Gasteiger partial charge in [-0.15, -0.1) is 0 Å². The van der Waals surface area contributed by atoms with Gasteiger partial charge in [-0.1, -0.05) is 32.9 Å². The Morgan fingerprint density at radius 2 is 1.82 bits per heavy atom. The van der Waals surface area contributed by atoms with Crippen molar-refractivity contribution in [1.29, 1.82) is 0 Å². The van der Waals surface area contributed by atoms with Crippen LogP contribution in [0.15, 0.2) is 70.6 Å².